The van der Waals surface area contributed by atoms with E-state index >= 15 is 0 Å². The number of sulfonamides is 1. The minimum Gasteiger partial charge on any atom is -0.361 e. The van der Waals surface area contributed by atoms with Crippen molar-refractivity contribution in [3.05, 3.63) is 65.9 Å². The van der Waals surface area contributed by atoms with Crippen LogP contribution < -0.4 is 10.5 Å². The summed E-state index contributed by atoms with van der Waals surface area (Å²) in [5.74, 6) is -0.189. The van der Waals surface area contributed by atoms with Gasteiger partial charge in [0, 0.05) is 29.2 Å². The fourth-order valence-electron chi connectivity index (χ4n) is 2.36. The number of aromatic nitrogens is 1. The first-order valence-corrected chi connectivity index (χ1v) is 8.46. The number of H-pyrrole nitrogens is 1. The molecule has 0 saturated heterocycles. The lowest BCUT2D eigenvalue weighted by Crippen LogP contribution is -2.23. The molecule has 0 aliphatic carbocycles. The highest BCUT2D eigenvalue weighted by Gasteiger charge is 2.11. The Morgan fingerprint density at radius 3 is 2.52 bits per heavy atom. The monoisotopic (exact) mass is 329 g/mol. The molecule has 118 valence electrons. The van der Waals surface area contributed by atoms with E-state index in [2.05, 4.69) is 10.3 Å². The number of nitrogens with two attached hydrogens (primary N) is 1. The highest BCUT2D eigenvalue weighted by Crippen LogP contribution is 2.17. The average molecular weight is 329 g/mol. The van der Waals surface area contributed by atoms with Crippen LogP contribution in [0.15, 0.2) is 59.6 Å². The number of fused-ring (bicyclic) bond motifs is 1. The second kappa shape index (κ2) is 5.86. The van der Waals surface area contributed by atoms with Crippen LogP contribution in [0.3, 0.4) is 0 Å². The molecule has 6 nitrogen and oxygen atoms in total. The number of carbonyl (C=O) groups is 1. The van der Waals surface area contributed by atoms with Gasteiger partial charge in [-0.05, 0) is 35.9 Å². The van der Waals surface area contributed by atoms with Crippen LogP contribution >= 0.6 is 0 Å². The molecular weight excluding hydrogens is 314 g/mol. The summed E-state index contributed by atoms with van der Waals surface area (Å²) in [6, 6.07) is 13.4. The predicted octanol–water partition coefficient (Wildman–Crippen LogP) is 1.75. The molecule has 4 N–H and O–H groups in total. The van der Waals surface area contributed by atoms with E-state index in [9.17, 15) is 13.2 Å². The molecule has 1 aromatic heterocycles. The molecule has 23 heavy (non-hydrogen) atoms. The van der Waals surface area contributed by atoms with Crippen LogP contribution in [0, 0.1) is 0 Å². The third-order valence-corrected chi connectivity index (χ3v) is 4.47. The Labute approximate surface area is 133 Å². The molecule has 0 aliphatic heterocycles. The van der Waals surface area contributed by atoms with Crippen LogP contribution in [0.4, 0.5) is 0 Å². The van der Waals surface area contributed by atoms with Gasteiger partial charge in [0.15, 0.2) is 0 Å². The molecule has 3 aromatic rings. The fourth-order valence-corrected chi connectivity index (χ4v) is 2.87. The number of amides is 1. The summed E-state index contributed by atoms with van der Waals surface area (Å²) < 4.78 is 22.4. The van der Waals surface area contributed by atoms with Gasteiger partial charge in [0.1, 0.15) is 0 Å². The zero-order valence-corrected chi connectivity index (χ0v) is 12.9. The third kappa shape index (κ3) is 3.25. The van der Waals surface area contributed by atoms with Gasteiger partial charge in [-0.15, -0.1) is 0 Å². The fraction of sp³-hybridized carbons (Fsp3) is 0.0625. The molecule has 7 heteroatoms. The van der Waals surface area contributed by atoms with Crippen molar-refractivity contribution in [3.8, 4) is 0 Å². The van der Waals surface area contributed by atoms with Crippen LogP contribution in [-0.2, 0) is 16.6 Å². The number of nitrogens with one attached hydrogen (secondary N) is 2. The number of rotatable bonds is 4. The molecule has 0 radical (unpaired) electrons. The Bertz CT molecular complexity index is 960. The molecule has 0 saturated carbocycles. The first kappa shape index (κ1) is 15.3. The molecule has 0 bridgehead atoms. The molecule has 0 unspecified atom stereocenters. The smallest absolute Gasteiger partial charge is 0.252 e. The second-order valence-electron chi connectivity index (χ2n) is 5.12. The van der Waals surface area contributed by atoms with Crippen LogP contribution in [-0.4, -0.2) is 19.3 Å². The first-order valence-electron chi connectivity index (χ1n) is 6.91. The van der Waals surface area contributed by atoms with E-state index in [0.29, 0.717) is 12.1 Å². The van der Waals surface area contributed by atoms with Crippen molar-refractivity contribution in [1.29, 1.82) is 0 Å². The third-order valence-electron chi connectivity index (χ3n) is 3.54. The number of hydrogen-bond acceptors (Lipinski definition) is 3. The zero-order valence-electron chi connectivity index (χ0n) is 12.1. The van der Waals surface area contributed by atoms with Crippen molar-refractivity contribution in [2.24, 2.45) is 5.14 Å². The Morgan fingerprint density at radius 1 is 1.09 bits per heavy atom. The Kier molecular flexibility index (Phi) is 3.89. The average Bonchev–Trinajstić information content (AvgIpc) is 3.00. The highest BCUT2D eigenvalue weighted by molar-refractivity contribution is 7.89. The lowest BCUT2D eigenvalue weighted by molar-refractivity contribution is 0.0952. The number of aromatic amines is 1. The summed E-state index contributed by atoms with van der Waals surface area (Å²) in [6.45, 7) is 0.296. The molecule has 0 fully saturated rings. The summed E-state index contributed by atoms with van der Waals surface area (Å²) in [6.07, 6.45) is 1.79. The summed E-state index contributed by atoms with van der Waals surface area (Å²) in [4.78, 5) is 15.4. The first-order chi connectivity index (χ1) is 10.9. The van der Waals surface area contributed by atoms with E-state index in [4.69, 9.17) is 5.14 Å². The van der Waals surface area contributed by atoms with E-state index < -0.39 is 10.0 Å². The van der Waals surface area contributed by atoms with Crippen LogP contribution in [0.2, 0.25) is 0 Å². The molecule has 0 aliphatic rings. The Balaban J connectivity index is 1.73. The maximum Gasteiger partial charge on any atom is 0.252 e. The van der Waals surface area contributed by atoms with Gasteiger partial charge in [-0.2, -0.15) is 0 Å². The van der Waals surface area contributed by atoms with E-state index in [1.807, 2.05) is 18.2 Å². The van der Waals surface area contributed by atoms with Crippen molar-refractivity contribution < 1.29 is 13.2 Å². The molecule has 1 amide bonds. The molecular formula is C16H15N3O3S. The minimum absolute atomic E-state index is 0.0460. The highest BCUT2D eigenvalue weighted by atomic mass is 32.2. The van der Waals surface area contributed by atoms with Gasteiger partial charge < -0.3 is 10.3 Å². The molecule has 0 spiro atoms. The predicted molar refractivity (Wildman–Crippen MR) is 87.3 cm³/mol. The van der Waals surface area contributed by atoms with Gasteiger partial charge >= 0.3 is 0 Å². The maximum absolute atomic E-state index is 12.3. The van der Waals surface area contributed by atoms with E-state index in [-0.39, 0.29) is 10.8 Å². The van der Waals surface area contributed by atoms with E-state index in [1.165, 1.54) is 12.1 Å². The summed E-state index contributed by atoms with van der Waals surface area (Å²) >= 11 is 0. The summed E-state index contributed by atoms with van der Waals surface area (Å²) in [5.41, 5.74) is 2.27. The van der Waals surface area contributed by atoms with Crippen molar-refractivity contribution in [1.82, 2.24) is 10.3 Å². The molecule has 0 atom stereocenters. The number of primary sulfonamides is 1. The van der Waals surface area contributed by atoms with Gasteiger partial charge in [-0.1, -0.05) is 18.2 Å². The maximum atomic E-state index is 12.3. The molecule has 3 rings (SSSR count). The van der Waals surface area contributed by atoms with E-state index in [0.717, 1.165) is 16.5 Å². The summed E-state index contributed by atoms with van der Waals surface area (Å²) in [7, 11) is -3.70. The molecule has 1 heterocycles. The van der Waals surface area contributed by atoms with Gasteiger partial charge in [0.05, 0.1) is 4.90 Å². The van der Waals surface area contributed by atoms with Gasteiger partial charge in [-0.3, -0.25) is 4.79 Å². The van der Waals surface area contributed by atoms with Crippen LogP contribution in [0.5, 0.6) is 0 Å². The minimum atomic E-state index is -3.70. The number of benzene rings is 2. The SMILES string of the molecule is NS(=O)(=O)c1ccc(CNC(=O)c2cccc3[nH]ccc23)cc1. The summed E-state index contributed by atoms with van der Waals surface area (Å²) in [5, 5.41) is 8.73. The van der Waals surface area contributed by atoms with Crippen molar-refractivity contribution in [2.45, 2.75) is 11.4 Å². The standard InChI is InChI=1S/C16H15N3O3S/c17-23(21,22)12-6-4-11(5-7-12)10-19-16(20)14-2-1-3-15-13(14)8-9-18-15/h1-9,18H,10H2,(H,19,20)(H2,17,21,22). The van der Waals surface area contributed by atoms with Gasteiger partial charge in [-0.25, -0.2) is 13.6 Å². The van der Waals surface area contributed by atoms with Gasteiger partial charge in [0.2, 0.25) is 10.0 Å². The van der Waals surface area contributed by atoms with Crippen LogP contribution in [0.25, 0.3) is 10.9 Å². The number of carbonyl (C=O) groups excluding carboxylic acids is 1. The Hall–Kier alpha value is -2.64. The number of hydrogen-bond donors (Lipinski definition) is 3. The van der Waals surface area contributed by atoms with Crippen molar-refractivity contribution in [2.75, 3.05) is 0 Å². The Morgan fingerprint density at radius 2 is 1.83 bits per heavy atom. The topological polar surface area (TPSA) is 105 Å². The lowest BCUT2D eigenvalue weighted by atomic mass is 10.1. The zero-order chi connectivity index (χ0) is 16.4. The van der Waals surface area contributed by atoms with Crippen LogP contribution in [0.1, 0.15) is 15.9 Å². The second-order valence-corrected chi connectivity index (χ2v) is 6.68. The van der Waals surface area contributed by atoms with Crippen molar-refractivity contribution in [3.63, 3.8) is 0 Å². The largest absolute Gasteiger partial charge is 0.361 e. The molecule has 2 aromatic carbocycles. The van der Waals surface area contributed by atoms with Gasteiger partial charge in [0.25, 0.3) is 5.91 Å². The van der Waals surface area contributed by atoms with E-state index in [1.54, 1.807) is 24.4 Å². The normalized spacial score (nSPS) is 11.5. The lowest BCUT2D eigenvalue weighted by Gasteiger charge is -2.07. The van der Waals surface area contributed by atoms with Crippen molar-refractivity contribution >= 4 is 26.8 Å². The quantitative estimate of drug-likeness (QED) is 0.679.